The number of H-pyrrole nitrogens is 1. The Morgan fingerprint density at radius 1 is 1.44 bits per heavy atom. The van der Waals surface area contributed by atoms with Crippen molar-refractivity contribution in [3.05, 3.63) is 46.4 Å². The van der Waals surface area contributed by atoms with Gasteiger partial charge in [-0.3, -0.25) is 4.98 Å². The van der Waals surface area contributed by atoms with Crippen molar-refractivity contribution in [3.63, 3.8) is 0 Å². The predicted octanol–water partition coefficient (Wildman–Crippen LogP) is 1.32. The molecule has 0 radical (unpaired) electrons. The number of aromatic amines is 1. The first kappa shape index (κ1) is 10.1. The molecule has 0 saturated heterocycles. The molecule has 0 saturated carbocycles. The second-order valence-electron chi connectivity index (χ2n) is 3.10. The monoisotopic (exact) mass is 219 g/mol. The van der Waals surface area contributed by atoms with Crippen molar-refractivity contribution in [3.8, 4) is 0 Å². The first-order valence-corrected chi connectivity index (χ1v) is 4.58. The summed E-state index contributed by atoms with van der Waals surface area (Å²) in [6.07, 6.45) is 4.72. The van der Waals surface area contributed by atoms with Crippen molar-refractivity contribution < 1.29 is 4.92 Å². The van der Waals surface area contributed by atoms with Gasteiger partial charge in [0.25, 0.3) is 0 Å². The highest BCUT2D eigenvalue weighted by atomic mass is 16.6. The standard InChI is InChI=1S/C9H9N5O2/c15-14(16)9-8(6-12-13-9)11-5-7-1-3-10-4-2-7/h1-4,6,11H,5H2,(H,12,13). The van der Waals surface area contributed by atoms with Crippen LogP contribution in [-0.4, -0.2) is 20.1 Å². The van der Waals surface area contributed by atoms with E-state index in [1.54, 1.807) is 12.4 Å². The Morgan fingerprint density at radius 3 is 2.88 bits per heavy atom. The second-order valence-corrected chi connectivity index (χ2v) is 3.10. The van der Waals surface area contributed by atoms with E-state index in [-0.39, 0.29) is 5.82 Å². The quantitative estimate of drug-likeness (QED) is 0.597. The molecule has 0 unspecified atom stereocenters. The third-order valence-corrected chi connectivity index (χ3v) is 2.03. The molecule has 0 aliphatic heterocycles. The van der Waals surface area contributed by atoms with Gasteiger partial charge in [0.05, 0.1) is 0 Å². The minimum absolute atomic E-state index is 0.131. The third-order valence-electron chi connectivity index (χ3n) is 2.03. The van der Waals surface area contributed by atoms with Crippen LogP contribution in [0.2, 0.25) is 0 Å². The fraction of sp³-hybridized carbons (Fsp3) is 0.111. The number of hydrogen-bond donors (Lipinski definition) is 2. The SMILES string of the molecule is O=[N+]([O-])c1[nH]ncc1NCc1ccncc1. The zero-order valence-electron chi connectivity index (χ0n) is 8.25. The summed E-state index contributed by atoms with van der Waals surface area (Å²) in [5.41, 5.74) is 1.37. The zero-order valence-corrected chi connectivity index (χ0v) is 8.25. The van der Waals surface area contributed by atoms with Gasteiger partial charge < -0.3 is 15.4 Å². The van der Waals surface area contributed by atoms with Gasteiger partial charge in [0.15, 0.2) is 5.69 Å². The average molecular weight is 219 g/mol. The second kappa shape index (κ2) is 4.39. The molecule has 16 heavy (non-hydrogen) atoms. The van der Waals surface area contributed by atoms with Crippen molar-refractivity contribution in [1.29, 1.82) is 0 Å². The molecule has 2 aromatic rings. The number of nitrogens with one attached hydrogen (secondary N) is 2. The summed E-state index contributed by atoms with van der Waals surface area (Å²) in [7, 11) is 0. The molecule has 2 heterocycles. The smallest absolute Gasteiger partial charge is 0.366 e. The first-order valence-electron chi connectivity index (χ1n) is 4.58. The maximum Gasteiger partial charge on any atom is 0.366 e. The van der Waals surface area contributed by atoms with Crippen LogP contribution in [0.5, 0.6) is 0 Å². The third kappa shape index (κ3) is 2.14. The molecule has 0 aromatic carbocycles. The Balaban J connectivity index is 2.05. The number of aromatic nitrogens is 3. The Labute approximate surface area is 90.7 Å². The van der Waals surface area contributed by atoms with Crippen molar-refractivity contribution in [1.82, 2.24) is 15.2 Å². The molecule has 82 valence electrons. The van der Waals surface area contributed by atoms with Crippen LogP contribution in [0.4, 0.5) is 11.5 Å². The molecular weight excluding hydrogens is 210 g/mol. The van der Waals surface area contributed by atoms with Gasteiger partial charge in [0.2, 0.25) is 0 Å². The Morgan fingerprint density at radius 2 is 2.19 bits per heavy atom. The van der Waals surface area contributed by atoms with Crippen molar-refractivity contribution in [2.75, 3.05) is 5.32 Å². The van der Waals surface area contributed by atoms with E-state index in [1.807, 2.05) is 12.1 Å². The molecule has 2 aromatic heterocycles. The van der Waals surface area contributed by atoms with Crippen LogP contribution in [0.1, 0.15) is 5.56 Å². The minimum Gasteiger partial charge on any atom is -0.373 e. The molecule has 0 spiro atoms. The molecule has 2 rings (SSSR count). The zero-order chi connectivity index (χ0) is 11.4. The van der Waals surface area contributed by atoms with Crippen molar-refractivity contribution in [2.24, 2.45) is 0 Å². The molecule has 0 fully saturated rings. The van der Waals surface area contributed by atoms with Crippen LogP contribution in [0.3, 0.4) is 0 Å². The number of nitro groups is 1. The molecule has 7 heteroatoms. The van der Waals surface area contributed by atoms with E-state index in [2.05, 4.69) is 20.5 Å². The summed E-state index contributed by atoms with van der Waals surface area (Å²) < 4.78 is 0. The maximum absolute atomic E-state index is 10.6. The lowest BCUT2D eigenvalue weighted by atomic mass is 10.2. The van der Waals surface area contributed by atoms with E-state index in [0.717, 1.165) is 5.56 Å². The molecular formula is C9H9N5O2. The van der Waals surface area contributed by atoms with Crippen LogP contribution in [0.25, 0.3) is 0 Å². The Hall–Kier alpha value is -2.44. The number of hydrogen-bond acceptors (Lipinski definition) is 5. The average Bonchev–Trinajstić information content (AvgIpc) is 2.76. The van der Waals surface area contributed by atoms with Gasteiger partial charge in [-0.2, -0.15) is 0 Å². The lowest BCUT2D eigenvalue weighted by molar-refractivity contribution is -0.388. The number of pyridine rings is 1. The summed E-state index contributed by atoms with van der Waals surface area (Å²) in [6, 6.07) is 3.66. The van der Waals surface area contributed by atoms with E-state index in [9.17, 15) is 10.1 Å². The Bertz CT molecular complexity index is 482. The van der Waals surface area contributed by atoms with Gasteiger partial charge in [-0.05, 0) is 22.6 Å². The van der Waals surface area contributed by atoms with Crippen molar-refractivity contribution >= 4 is 11.5 Å². The normalized spacial score (nSPS) is 10.0. The van der Waals surface area contributed by atoms with Crippen molar-refractivity contribution in [2.45, 2.75) is 6.54 Å². The van der Waals surface area contributed by atoms with Gasteiger partial charge in [0, 0.05) is 18.9 Å². The fourth-order valence-electron chi connectivity index (χ4n) is 1.25. The first-order chi connectivity index (χ1) is 7.77. The van der Waals surface area contributed by atoms with Crippen LogP contribution in [0.15, 0.2) is 30.7 Å². The molecule has 7 nitrogen and oxygen atoms in total. The molecule has 2 N–H and O–H groups in total. The van der Waals surface area contributed by atoms with Crippen LogP contribution in [0, 0.1) is 10.1 Å². The van der Waals surface area contributed by atoms with Crippen LogP contribution >= 0.6 is 0 Å². The minimum atomic E-state index is -0.512. The summed E-state index contributed by atoms with van der Waals surface area (Å²) in [5.74, 6) is -0.131. The van der Waals surface area contributed by atoms with E-state index < -0.39 is 4.92 Å². The number of anilines is 1. The van der Waals surface area contributed by atoms with E-state index in [1.165, 1.54) is 6.20 Å². The topological polar surface area (TPSA) is 96.7 Å². The van der Waals surface area contributed by atoms with Gasteiger partial charge >= 0.3 is 5.82 Å². The van der Waals surface area contributed by atoms with Crippen LogP contribution < -0.4 is 5.32 Å². The summed E-state index contributed by atoms with van der Waals surface area (Å²) in [4.78, 5) is 13.9. The van der Waals surface area contributed by atoms with Crippen LogP contribution in [-0.2, 0) is 6.54 Å². The molecule has 0 amide bonds. The predicted molar refractivity (Wildman–Crippen MR) is 56.8 cm³/mol. The molecule has 0 aliphatic carbocycles. The largest absolute Gasteiger partial charge is 0.373 e. The Kier molecular flexibility index (Phi) is 2.77. The van der Waals surface area contributed by atoms with Gasteiger partial charge in [-0.25, -0.2) is 0 Å². The van der Waals surface area contributed by atoms with Gasteiger partial charge in [-0.15, -0.1) is 5.10 Å². The summed E-state index contributed by atoms with van der Waals surface area (Å²) in [6.45, 7) is 0.489. The van der Waals surface area contributed by atoms with E-state index in [4.69, 9.17) is 0 Å². The molecule has 0 atom stereocenters. The highest BCUT2D eigenvalue weighted by Gasteiger charge is 2.13. The van der Waals surface area contributed by atoms with Gasteiger partial charge in [-0.1, -0.05) is 5.10 Å². The lowest BCUT2D eigenvalue weighted by Gasteiger charge is -2.02. The molecule has 0 aliphatic rings. The highest BCUT2D eigenvalue weighted by molar-refractivity contribution is 5.55. The summed E-state index contributed by atoms with van der Waals surface area (Å²) in [5, 5.41) is 19.4. The fourth-order valence-corrected chi connectivity index (χ4v) is 1.25. The molecule has 0 bridgehead atoms. The lowest BCUT2D eigenvalue weighted by Crippen LogP contribution is -2.01. The maximum atomic E-state index is 10.6. The van der Waals surface area contributed by atoms with E-state index in [0.29, 0.717) is 12.2 Å². The highest BCUT2D eigenvalue weighted by Crippen LogP contribution is 2.20. The summed E-state index contributed by atoms with van der Waals surface area (Å²) >= 11 is 0. The number of rotatable bonds is 4. The van der Waals surface area contributed by atoms with Gasteiger partial charge in [0.1, 0.15) is 6.20 Å². The number of nitrogens with zero attached hydrogens (tertiary/aromatic N) is 3. The van der Waals surface area contributed by atoms with E-state index >= 15 is 0 Å².